The fourth-order valence-corrected chi connectivity index (χ4v) is 3.85. The zero-order chi connectivity index (χ0) is 17.6. The Kier molecular flexibility index (Phi) is 3.29. The number of fused-ring (bicyclic) bond motifs is 1. The van der Waals surface area contributed by atoms with Gasteiger partial charge in [-0.3, -0.25) is 4.79 Å². The first-order valence-corrected chi connectivity index (χ1v) is 8.03. The summed E-state index contributed by atoms with van der Waals surface area (Å²) in [7, 11) is 1.70. The first-order chi connectivity index (χ1) is 12.1. The third-order valence-corrected chi connectivity index (χ3v) is 4.94. The van der Waals surface area contributed by atoms with Crippen molar-refractivity contribution in [1.82, 2.24) is 4.90 Å². The summed E-state index contributed by atoms with van der Waals surface area (Å²) in [6, 6.07) is 21.2. The maximum Gasteiger partial charge on any atom is 0.255 e. The fourth-order valence-electron chi connectivity index (χ4n) is 3.85. The van der Waals surface area contributed by atoms with Crippen LogP contribution in [0.5, 0.6) is 11.5 Å². The van der Waals surface area contributed by atoms with Crippen molar-refractivity contribution in [1.29, 1.82) is 0 Å². The highest BCUT2D eigenvalue weighted by atomic mass is 16.3. The normalized spacial score (nSPS) is 15.2. The summed E-state index contributed by atoms with van der Waals surface area (Å²) in [5.74, 6) is -0.00804. The summed E-state index contributed by atoms with van der Waals surface area (Å²) in [6.07, 6.45) is 0. The van der Waals surface area contributed by atoms with Crippen LogP contribution in [0.15, 0.2) is 72.8 Å². The molecule has 0 aliphatic carbocycles. The molecule has 3 aromatic carbocycles. The van der Waals surface area contributed by atoms with Crippen LogP contribution in [0, 0.1) is 0 Å². The number of carbonyl (C=O) groups is 1. The topological polar surface area (TPSA) is 60.8 Å². The van der Waals surface area contributed by atoms with Crippen molar-refractivity contribution < 1.29 is 15.0 Å². The van der Waals surface area contributed by atoms with Gasteiger partial charge in [-0.05, 0) is 23.8 Å². The number of aromatic hydroxyl groups is 2. The van der Waals surface area contributed by atoms with E-state index in [4.69, 9.17) is 0 Å². The Morgan fingerprint density at radius 1 is 0.720 bits per heavy atom. The first-order valence-electron chi connectivity index (χ1n) is 8.03. The molecule has 1 aliphatic heterocycles. The van der Waals surface area contributed by atoms with E-state index >= 15 is 0 Å². The standard InChI is InChI=1S/C21H17NO3/c1-22-20(25)14-8-2-3-9-15(14)21(22,16-10-4-6-12-18(16)23)17-11-5-7-13-19(17)24/h2-13,23-24H,1H3. The SMILES string of the molecule is CN1C(=O)c2ccccc2C1(c1ccccc1O)c1ccccc1O. The van der Waals surface area contributed by atoms with Gasteiger partial charge in [0.2, 0.25) is 0 Å². The van der Waals surface area contributed by atoms with Gasteiger partial charge in [-0.1, -0.05) is 54.6 Å². The molecular formula is C21H17NO3. The zero-order valence-corrected chi connectivity index (χ0v) is 13.7. The number of phenolic OH excluding ortho intramolecular Hbond substituents is 2. The molecule has 0 saturated carbocycles. The first kappa shape index (κ1) is 15.3. The molecule has 4 rings (SSSR count). The van der Waals surface area contributed by atoms with Gasteiger partial charge in [-0.15, -0.1) is 0 Å². The molecule has 2 N–H and O–H groups in total. The lowest BCUT2D eigenvalue weighted by Crippen LogP contribution is -2.43. The van der Waals surface area contributed by atoms with Gasteiger partial charge >= 0.3 is 0 Å². The van der Waals surface area contributed by atoms with Gasteiger partial charge in [0.1, 0.15) is 17.0 Å². The van der Waals surface area contributed by atoms with E-state index in [0.29, 0.717) is 16.7 Å². The third-order valence-electron chi connectivity index (χ3n) is 4.94. The molecule has 0 atom stereocenters. The molecule has 0 unspecified atom stereocenters. The van der Waals surface area contributed by atoms with Gasteiger partial charge in [0.05, 0.1) is 0 Å². The molecular weight excluding hydrogens is 314 g/mol. The van der Waals surface area contributed by atoms with Gasteiger partial charge < -0.3 is 15.1 Å². The van der Waals surface area contributed by atoms with E-state index in [0.717, 1.165) is 5.56 Å². The van der Waals surface area contributed by atoms with Crippen LogP contribution in [-0.4, -0.2) is 28.1 Å². The van der Waals surface area contributed by atoms with Crippen LogP contribution in [0.1, 0.15) is 27.0 Å². The van der Waals surface area contributed by atoms with Gasteiger partial charge in [0.25, 0.3) is 5.91 Å². The number of nitrogens with zero attached hydrogens (tertiary/aromatic N) is 1. The maximum atomic E-state index is 12.9. The Morgan fingerprint density at radius 2 is 1.16 bits per heavy atom. The van der Waals surface area contributed by atoms with Gasteiger partial charge in [0.15, 0.2) is 0 Å². The molecule has 0 aromatic heterocycles. The molecule has 0 saturated heterocycles. The van der Waals surface area contributed by atoms with Crippen LogP contribution in [0.25, 0.3) is 0 Å². The lowest BCUT2D eigenvalue weighted by atomic mass is 9.76. The van der Waals surface area contributed by atoms with Crippen molar-refractivity contribution in [2.45, 2.75) is 5.54 Å². The third kappa shape index (κ3) is 1.91. The molecule has 0 fully saturated rings. The van der Waals surface area contributed by atoms with Crippen molar-refractivity contribution in [3.8, 4) is 11.5 Å². The predicted octanol–water partition coefficient (Wildman–Crippen LogP) is 3.48. The average Bonchev–Trinajstić information content (AvgIpc) is 2.85. The Labute approximate surface area is 145 Å². The van der Waals surface area contributed by atoms with Gasteiger partial charge in [0, 0.05) is 23.7 Å². The molecule has 4 nitrogen and oxygen atoms in total. The quantitative estimate of drug-likeness (QED) is 0.756. The molecule has 0 spiro atoms. The summed E-state index contributed by atoms with van der Waals surface area (Å²) in [6.45, 7) is 0. The van der Waals surface area contributed by atoms with E-state index in [1.165, 1.54) is 0 Å². The number of rotatable bonds is 2. The lowest BCUT2D eigenvalue weighted by Gasteiger charge is -2.38. The highest BCUT2D eigenvalue weighted by Crippen LogP contribution is 2.52. The smallest absolute Gasteiger partial charge is 0.255 e. The number of carbonyl (C=O) groups excluding carboxylic acids is 1. The maximum absolute atomic E-state index is 12.9. The number of para-hydroxylation sites is 2. The largest absolute Gasteiger partial charge is 0.508 e. The van der Waals surface area contributed by atoms with Crippen molar-refractivity contribution in [3.05, 3.63) is 95.1 Å². The summed E-state index contributed by atoms with van der Waals surface area (Å²) >= 11 is 0. The minimum Gasteiger partial charge on any atom is -0.508 e. The van der Waals surface area contributed by atoms with Crippen LogP contribution in [0.3, 0.4) is 0 Å². The van der Waals surface area contributed by atoms with E-state index < -0.39 is 5.54 Å². The van der Waals surface area contributed by atoms with E-state index in [2.05, 4.69) is 0 Å². The van der Waals surface area contributed by atoms with E-state index in [1.807, 2.05) is 30.3 Å². The summed E-state index contributed by atoms with van der Waals surface area (Å²) in [5.41, 5.74) is 1.32. The molecule has 0 bridgehead atoms. The molecule has 0 radical (unpaired) electrons. The predicted molar refractivity (Wildman–Crippen MR) is 94.6 cm³/mol. The van der Waals surface area contributed by atoms with Gasteiger partial charge in [-0.2, -0.15) is 0 Å². The Hall–Kier alpha value is -3.27. The average molecular weight is 331 g/mol. The van der Waals surface area contributed by atoms with Crippen LogP contribution >= 0.6 is 0 Å². The van der Waals surface area contributed by atoms with Crippen molar-refractivity contribution in [2.24, 2.45) is 0 Å². The summed E-state index contributed by atoms with van der Waals surface area (Å²) in [4.78, 5) is 14.5. The Morgan fingerprint density at radius 3 is 1.68 bits per heavy atom. The molecule has 124 valence electrons. The number of amides is 1. The second kappa shape index (κ2) is 5.38. The monoisotopic (exact) mass is 331 g/mol. The van der Waals surface area contributed by atoms with Crippen LogP contribution in [0.4, 0.5) is 0 Å². The van der Waals surface area contributed by atoms with E-state index in [9.17, 15) is 15.0 Å². The number of phenols is 2. The molecule has 1 aliphatic rings. The number of hydrogen-bond acceptors (Lipinski definition) is 3. The summed E-state index contributed by atoms with van der Waals surface area (Å²) < 4.78 is 0. The van der Waals surface area contributed by atoms with Crippen molar-refractivity contribution >= 4 is 5.91 Å². The molecule has 3 aromatic rings. The fraction of sp³-hybridized carbons (Fsp3) is 0.0952. The van der Waals surface area contributed by atoms with Gasteiger partial charge in [-0.25, -0.2) is 0 Å². The van der Waals surface area contributed by atoms with Crippen LogP contribution in [0.2, 0.25) is 0 Å². The second-order valence-corrected chi connectivity index (χ2v) is 6.15. The molecule has 1 amide bonds. The minimum atomic E-state index is -1.09. The van der Waals surface area contributed by atoms with E-state index in [-0.39, 0.29) is 17.4 Å². The van der Waals surface area contributed by atoms with E-state index in [1.54, 1.807) is 54.4 Å². The number of benzene rings is 3. The highest BCUT2D eigenvalue weighted by molar-refractivity contribution is 6.01. The molecule has 4 heteroatoms. The summed E-state index contributed by atoms with van der Waals surface area (Å²) in [5, 5.41) is 21.2. The second-order valence-electron chi connectivity index (χ2n) is 6.15. The Balaban J connectivity index is 2.18. The highest BCUT2D eigenvalue weighted by Gasteiger charge is 2.52. The van der Waals surface area contributed by atoms with Crippen molar-refractivity contribution in [2.75, 3.05) is 7.05 Å². The molecule has 1 heterocycles. The zero-order valence-electron chi connectivity index (χ0n) is 13.7. The minimum absolute atomic E-state index is 0.0714. The van der Waals surface area contributed by atoms with Crippen LogP contribution in [-0.2, 0) is 5.54 Å². The lowest BCUT2D eigenvalue weighted by molar-refractivity contribution is 0.0732. The molecule has 25 heavy (non-hydrogen) atoms. The number of hydrogen-bond donors (Lipinski definition) is 2. The Bertz CT molecular complexity index is 935. The van der Waals surface area contributed by atoms with Crippen LogP contribution < -0.4 is 0 Å². The van der Waals surface area contributed by atoms with Crippen molar-refractivity contribution in [3.63, 3.8) is 0 Å².